The Morgan fingerprint density at radius 3 is 1.60 bits per heavy atom. The van der Waals surface area contributed by atoms with Crippen LogP contribution < -0.4 is 5.32 Å². The van der Waals surface area contributed by atoms with Gasteiger partial charge in [-0.05, 0) is 13.8 Å². The van der Waals surface area contributed by atoms with E-state index in [9.17, 15) is 8.78 Å². The topological polar surface area (TPSA) is 12.0 Å². The molecule has 64 valence electrons. The van der Waals surface area contributed by atoms with Crippen LogP contribution in [0.25, 0.3) is 0 Å². The van der Waals surface area contributed by atoms with Crippen LogP contribution in [0.5, 0.6) is 0 Å². The van der Waals surface area contributed by atoms with Crippen LogP contribution in [0.2, 0.25) is 0 Å². The molecule has 0 aromatic heterocycles. The number of rotatable bonds is 4. The Morgan fingerprint density at radius 2 is 1.40 bits per heavy atom. The number of alkyl halides is 2. The average Bonchev–Trinajstić information content (AvgIpc) is 1.63. The lowest BCUT2D eigenvalue weighted by molar-refractivity contribution is 0.306. The first-order valence-electron chi connectivity index (χ1n) is 3.11. The normalized spacial score (nSPS) is 15.6. The molecule has 0 spiro atoms. The molecule has 0 saturated carbocycles. The molecule has 1 N–H and O–H groups in total. The fraction of sp³-hybridized carbons (Fsp3) is 1.00. The summed E-state index contributed by atoms with van der Waals surface area (Å²) in [5.41, 5.74) is 0. The van der Waals surface area contributed by atoms with Crippen molar-refractivity contribution in [2.45, 2.75) is 26.2 Å². The number of halogens is 3. The second-order valence-electron chi connectivity index (χ2n) is 2.22. The molecule has 0 saturated heterocycles. The van der Waals surface area contributed by atoms with Gasteiger partial charge in [0.1, 0.15) is 12.3 Å². The first kappa shape index (κ1) is 12.8. The van der Waals surface area contributed by atoms with Crippen LogP contribution in [0.15, 0.2) is 0 Å². The maximum atomic E-state index is 12.0. The molecule has 0 radical (unpaired) electrons. The van der Waals surface area contributed by atoms with Gasteiger partial charge in [-0.25, -0.2) is 8.78 Å². The van der Waals surface area contributed by atoms with Gasteiger partial charge in [0, 0.05) is 13.1 Å². The second-order valence-corrected chi connectivity index (χ2v) is 2.22. The quantitative estimate of drug-likeness (QED) is 0.683. The van der Waals surface area contributed by atoms with Gasteiger partial charge in [0.15, 0.2) is 0 Å². The Kier molecular flexibility index (Phi) is 9.21. The van der Waals surface area contributed by atoms with Gasteiger partial charge in [-0.2, -0.15) is 0 Å². The summed E-state index contributed by atoms with van der Waals surface area (Å²) in [6, 6.07) is 0. The van der Waals surface area contributed by atoms with E-state index in [2.05, 4.69) is 5.32 Å². The lowest BCUT2D eigenvalue weighted by Gasteiger charge is -2.04. The molecule has 0 fully saturated rings. The van der Waals surface area contributed by atoms with Crippen molar-refractivity contribution in [3.05, 3.63) is 0 Å². The molecule has 0 aliphatic carbocycles. The van der Waals surface area contributed by atoms with Gasteiger partial charge >= 0.3 is 0 Å². The molecule has 0 rings (SSSR count). The summed E-state index contributed by atoms with van der Waals surface area (Å²) in [5.74, 6) is 0. The van der Waals surface area contributed by atoms with Crippen molar-refractivity contribution in [1.29, 1.82) is 0 Å². The number of hydrogen-bond donors (Lipinski definition) is 1. The number of nitrogens with one attached hydrogen (secondary N) is 1. The highest BCUT2D eigenvalue weighted by Crippen LogP contribution is 1.86. The monoisotopic (exact) mass is 173 g/mol. The molecule has 0 aliphatic heterocycles. The lowest BCUT2D eigenvalue weighted by Crippen LogP contribution is -2.27. The largest absolute Gasteiger partial charge is 0.311 e. The van der Waals surface area contributed by atoms with E-state index in [4.69, 9.17) is 0 Å². The SMILES string of the molecule is CC(F)CNCC(C)F.Cl. The van der Waals surface area contributed by atoms with Crippen molar-refractivity contribution in [2.24, 2.45) is 0 Å². The predicted molar refractivity (Wildman–Crippen MR) is 41.3 cm³/mol. The highest BCUT2D eigenvalue weighted by Gasteiger charge is 1.99. The molecule has 0 aromatic rings. The summed E-state index contributed by atoms with van der Waals surface area (Å²) in [4.78, 5) is 0. The van der Waals surface area contributed by atoms with E-state index in [1.807, 2.05) is 0 Å². The van der Waals surface area contributed by atoms with Crippen molar-refractivity contribution in [3.63, 3.8) is 0 Å². The molecule has 0 heterocycles. The minimum Gasteiger partial charge on any atom is -0.311 e. The molecule has 1 nitrogen and oxygen atoms in total. The van der Waals surface area contributed by atoms with Crippen molar-refractivity contribution >= 4 is 12.4 Å². The maximum Gasteiger partial charge on any atom is 0.110 e. The molecular formula is C6H14ClF2N. The zero-order chi connectivity index (χ0) is 7.28. The minimum atomic E-state index is -0.885. The van der Waals surface area contributed by atoms with Crippen molar-refractivity contribution in [2.75, 3.05) is 13.1 Å². The molecule has 2 atom stereocenters. The van der Waals surface area contributed by atoms with Gasteiger partial charge < -0.3 is 5.32 Å². The summed E-state index contributed by atoms with van der Waals surface area (Å²) >= 11 is 0. The summed E-state index contributed by atoms with van der Waals surface area (Å²) in [7, 11) is 0. The molecule has 2 unspecified atom stereocenters. The Morgan fingerprint density at radius 1 is 1.10 bits per heavy atom. The van der Waals surface area contributed by atoms with Gasteiger partial charge in [-0.15, -0.1) is 12.4 Å². The van der Waals surface area contributed by atoms with Crippen molar-refractivity contribution in [1.82, 2.24) is 5.32 Å². The zero-order valence-corrected chi connectivity index (χ0v) is 7.05. The van der Waals surface area contributed by atoms with Crippen LogP contribution in [0.1, 0.15) is 13.8 Å². The fourth-order valence-electron chi connectivity index (χ4n) is 0.481. The molecular weight excluding hydrogens is 160 g/mol. The minimum absolute atomic E-state index is 0. The highest BCUT2D eigenvalue weighted by molar-refractivity contribution is 5.85. The summed E-state index contributed by atoms with van der Waals surface area (Å²) in [6.07, 6.45) is -1.77. The standard InChI is InChI=1S/C6H13F2N.ClH/c1-5(7)3-9-4-6(2)8;/h5-6,9H,3-4H2,1-2H3;1H. The molecule has 4 heteroatoms. The van der Waals surface area contributed by atoms with Crippen LogP contribution in [0.4, 0.5) is 8.78 Å². The van der Waals surface area contributed by atoms with E-state index in [1.165, 1.54) is 13.8 Å². The lowest BCUT2D eigenvalue weighted by atomic mass is 10.4. The summed E-state index contributed by atoms with van der Waals surface area (Å²) in [6.45, 7) is 3.37. The molecule has 0 bridgehead atoms. The van der Waals surface area contributed by atoms with E-state index >= 15 is 0 Å². The van der Waals surface area contributed by atoms with Crippen LogP contribution >= 0.6 is 12.4 Å². The van der Waals surface area contributed by atoms with Gasteiger partial charge in [0.2, 0.25) is 0 Å². The van der Waals surface area contributed by atoms with Crippen LogP contribution in [0.3, 0.4) is 0 Å². The number of hydrogen-bond acceptors (Lipinski definition) is 1. The third-order valence-corrected chi connectivity index (χ3v) is 0.851. The van der Waals surface area contributed by atoms with E-state index in [0.717, 1.165) is 0 Å². The third kappa shape index (κ3) is 11.0. The van der Waals surface area contributed by atoms with E-state index < -0.39 is 12.3 Å². The van der Waals surface area contributed by atoms with Gasteiger partial charge in [-0.3, -0.25) is 0 Å². The smallest absolute Gasteiger partial charge is 0.110 e. The van der Waals surface area contributed by atoms with Crippen molar-refractivity contribution in [3.8, 4) is 0 Å². The van der Waals surface area contributed by atoms with E-state index in [1.54, 1.807) is 0 Å². The molecule has 10 heavy (non-hydrogen) atoms. The molecule has 0 aromatic carbocycles. The van der Waals surface area contributed by atoms with E-state index in [-0.39, 0.29) is 25.5 Å². The summed E-state index contributed by atoms with van der Waals surface area (Å²) in [5, 5.41) is 2.63. The maximum absolute atomic E-state index is 12.0. The van der Waals surface area contributed by atoms with E-state index in [0.29, 0.717) is 0 Å². The molecule has 0 amide bonds. The first-order chi connectivity index (χ1) is 4.13. The predicted octanol–water partition coefficient (Wildman–Crippen LogP) is 1.71. The molecule has 0 aliphatic rings. The first-order valence-corrected chi connectivity index (χ1v) is 3.11. The van der Waals surface area contributed by atoms with Crippen LogP contribution in [-0.2, 0) is 0 Å². The Hall–Kier alpha value is 0.110. The Bertz CT molecular complexity index is 60.8. The Labute approximate surface area is 66.6 Å². The zero-order valence-electron chi connectivity index (χ0n) is 6.23. The van der Waals surface area contributed by atoms with Gasteiger partial charge in [0.05, 0.1) is 0 Å². The van der Waals surface area contributed by atoms with Crippen LogP contribution in [0, 0.1) is 0 Å². The third-order valence-electron chi connectivity index (χ3n) is 0.851. The fourth-order valence-corrected chi connectivity index (χ4v) is 0.481. The highest BCUT2D eigenvalue weighted by atomic mass is 35.5. The van der Waals surface area contributed by atoms with Crippen LogP contribution in [-0.4, -0.2) is 25.4 Å². The van der Waals surface area contributed by atoms with Crippen molar-refractivity contribution < 1.29 is 8.78 Å². The Balaban J connectivity index is 0. The second kappa shape index (κ2) is 7.22. The van der Waals surface area contributed by atoms with Gasteiger partial charge in [-0.1, -0.05) is 0 Å². The average molecular weight is 174 g/mol. The van der Waals surface area contributed by atoms with Gasteiger partial charge in [0.25, 0.3) is 0 Å². The summed E-state index contributed by atoms with van der Waals surface area (Å²) < 4.78 is 23.9.